The lowest BCUT2D eigenvalue weighted by Gasteiger charge is -2.29. The van der Waals surface area contributed by atoms with Gasteiger partial charge in [-0.1, -0.05) is 43.6 Å². The molecule has 39 heavy (non-hydrogen) atoms. The van der Waals surface area contributed by atoms with E-state index in [1.165, 1.54) is 0 Å². The maximum Gasteiger partial charge on any atom is 0.316 e. The lowest BCUT2D eigenvalue weighted by Crippen LogP contribution is -2.31. The third-order valence-corrected chi connectivity index (χ3v) is 7.34. The SMILES string of the molecule is Cc1cccc(C)c1-n1nc2c(c1-c1cc(F)c(NC(N)=O)cc1F)CN(c1ncc(C(C)C)cc1Cl)CC2. The average molecular weight is 551 g/mol. The molecular weight excluding hydrogens is 522 g/mol. The highest BCUT2D eigenvalue weighted by molar-refractivity contribution is 6.33. The lowest BCUT2D eigenvalue weighted by molar-refractivity contribution is 0.259. The normalized spacial score (nSPS) is 13.1. The van der Waals surface area contributed by atoms with Crippen LogP contribution in [0.1, 0.15) is 47.7 Å². The maximum absolute atomic E-state index is 15.7. The van der Waals surface area contributed by atoms with Gasteiger partial charge in [0.1, 0.15) is 17.5 Å². The summed E-state index contributed by atoms with van der Waals surface area (Å²) in [5, 5.41) is 7.57. The van der Waals surface area contributed by atoms with Gasteiger partial charge in [0.05, 0.1) is 27.8 Å². The van der Waals surface area contributed by atoms with Crippen LogP contribution in [0, 0.1) is 25.5 Å². The Morgan fingerprint density at radius 1 is 1.13 bits per heavy atom. The standard InChI is InChI=1S/C29H29ClF2N6O/c1-15(2)18-10-21(30)28(34-13-18)37-9-8-24-20(14-37)27(38(36-24)26-16(3)6-5-7-17(26)4)19-11-23(32)25(12-22(19)31)35-29(33)39/h5-7,10-13,15H,8-9,14H2,1-4H3,(H3,33,35,39). The van der Waals surface area contributed by atoms with Gasteiger partial charge < -0.3 is 16.0 Å². The molecule has 3 heterocycles. The zero-order valence-electron chi connectivity index (χ0n) is 22.1. The van der Waals surface area contributed by atoms with E-state index < -0.39 is 17.7 Å². The fourth-order valence-electron chi connectivity index (χ4n) is 5.08. The van der Waals surface area contributed by atoms with Gasteiger partial charge in [-0.25, -0.2) is 23.2 Å². The second-order valence-electron chi connectivity index (χ2n) is 10.1. The Morgan fingerprint density at radius 2 is 1.85 bits per heavy atom. The third-order valence-electron chi connectivity index (χ3n) is 7.06. The van der Waals surface area contributed by atoms with E-state index in [1.54, 1.807) is 4.68 Å². The molecule has 0 radical (unpaired) electrons. The highest BCUT2D eigenvalue weighted by atomic mass is 35.5. The maximum atomic E-state index is 15.7. The number of nitrogens with zero attached hydrogens (tertiary/aromatic N) is 4. The Balaban J connectivity index is 1.69. The Bertz CT molecular complexity index is 1580. The molecule has 4 aromatic rings. The molecule has 202 valence electrons. The predicted molar refractivity (Wildman–Crippen MR) is 150 cm³/mol. The number of nitrogens with two attached hydrogens (primary N) is 1. The van der Waals surface area contributed by atoms with E-state index in [4.69, 9.17) is 22.4 Å². The molecule has 2 aromatic carbocycles. The van der Waals surface area contributed by atoms with Gasteiger partial charge in [0.25, 0.3) is 0 Å². The topological polar surface area (TPSA) is 89.1 Å². The minimum atomic E-state index is -0.984. The fraction of sp³-hybridized carbons (Fsp3) is 0.276. The van der Waals surface area contributed by atoms with Crippen molar-refractivity contribution in [2.45, 2.75) is 46.6 Å². The zero-order chi connectivity index (χ0) is 28.0. The molecule has 2 aromatic heterocycles. The Hall–Kier alpha value is -3.98. The predicted octanol–water partition coefficient (Wildman–Crippen LogP) is 6.66. The molecular formula is C29H29ClF2N6O. The van der Waals surface area contributed by atoms with E-state index in [-0.39, 0.29) is 17.2 Å². The summed E-state index contributed by atoms with van der Waals surface area (Å²) in [6.45, 7) is 9.03. The van der Waals surface area contributed by atoms with Crippen molar-refractivity contribution in [3.8, 4) is 16.9 Å². The number of anilines is 2. The highest BCUT2D eigenvalue weighted by Gasteiger charge is 2.30. The lowest BCUT2D eigenvalue weighted by atomic mass is 9.99. The number of aromatic nitrogens is 3. The summed E-state index contributed by atoms with van der Waals surface area (Å²) >= 11 is 6.66. The number of hydrogen-bond donors (Lipinski definition) is 2. The van der Waals surface area contributed by atoms with E-state index in [0.29, 0.717) is 36.0 Å². The van der Waals surface area contributed by atoms with E-state index in [1.807, 2.05) is 49.2 Å². The van der Waals surface area contributed by atoms with E-state index in [9.17, 15) is 4.79 Å². The largest absolute Gasteiger partial charge is 0.351 e. The van der Waals surface area contributed by atoms with Crippen LogP contribution in [0.5, 0.6) is 0 Å². The summed E-state index contributed by atoms with van der Waals surface area (Å²) in [4.78, 5) is 18.0. The van der Waals surface area contributed by atoms with Crippen molar-refractivity contribution in [2.24, 2.45) is 5.73 Å². The van der Waals surface area contributed by atoms with E-state index in [0.717, 1.165) is 45.8 Å². The molecule has 0 aliphatic carbocycles. The molecule has 0 saturated heterocycles. The minimum absolute atomic E-state index is 0.0231. The number of rotatable bonds is 5. The molecule has 2 amide bonds. The quantitative estimate of drug-likeness (QED) is 0.291. The van der Waals surface area contributed by atoms with Crippen LogP contribution in [0.3, 0.4) is 0 Å². The molecule has 0 bridgehead atoms. The zero-order valence-corrected chi connectivity index (χ0v) is 22.9. The minimum Gasteiger partial charge on any atom is -0.351 e. The average Bonchev–Trinajstić information content (AvgIpc) is 3.23. The molecule has 0 unspecified atom stereocenters. The first-order valence-corrected chi connectivity index (χ1v) is 13.1. The molecule has 5 rings (SSSR count). The van der Waals surface area contributed by atoms with Gasteiger partial charge in [0, 0.05) is 42.9 Å². The summed E-state index contributed by atoms with van der Waals surface area (Å²) < 4.78 is 32.5. The molecule has 7 nitrogen and oxygen atoms in total. The summed E-state index contributed by atoms with van der Waals surface area (Å²) in [7, 11) is 0. The molecule has 3 N–H and O–H groups in total. The monoisotopic (exact) mass is 550 g/mol. The molecule has 0 atom stereocenters. The molecule has 0 saturated carbocycles. The van der Waals surface area contributed by atoms with Gasteiger partial charge in [-0.15, -0.1) is 0 Å². The van der Waals surface area contributed by atoms with Crippen LogP contribution in [0.2, 0.25) is 5.02 Å². The third kappa shape index (κ3) is 4.94. The second kappa shape index (κ2) is 10.3. The van der Waals surface area contributed by atoms with Crippen LogP contribution in [0.4, 0.5) is 25.1 Å². The number of carbonyl (C=O) groups is 1. The van der Waals surface area contributed by atoms with Gasteiger partial charge in [-0.3, -0.25) is 0 Å². The van der Waals surface area contributed by atoms with Gasteiger partial charge in [0.2, 0.25) is 0 Å². The summed E-state index contributed by atoms with van der Waals surface area (Å²) in [6.07, 6.45) is 2.39. The molecule has 1 aliphatic rings. The Kier molecular flexibility index (Phi) is 7.03. The van der Waals surface area contributed by atoms with Crippen molar-refractivity contribution in [3.63, 3.8) is 0 Å². The number of amides is 2. The van der Waals surface area contributed by atoms with E-state index >= 15 is 8.78 Å². The number of pyridine rings is 1. The highest BCUT2D eigenvalue weighted by Crippen LogP contribution is 2.39. The van der Waals surface area contributed by atoms with Gasteiger partial charge >= 0.3 is 6.03 Å². The number of nitrogens with one attached hydrogen (secondary N) is 1. The first kappa shape index (κ1) is 26.6. The van der Waals surface area contributed by atoms with Crippen molar-refractivity contribution < 1.29 is 13.6 Å². The first-order valence-electron chi connectivity index (χ1n) is 12.7. The number of benzene rings is 2. The van der Waals surface area contributed by atoms with Crippen molar-refractivity contribution in [1.29, 1.82) is 0 Å². The molecule has 10 heteroatoms. The number of primary amides is 1. The van der Waals surface area contributed by atoms with Crippen LogP contribution < -0.4 is 16.0 Å². The van der Waals surface area contributed by atoms with Crippen LogP contribution in [0.15, 0.2) is 42.6 Å². The van der Waals surface area contributed by atoms with Crippen LogP contribution in [0.25, 0.3) is 16.9 Å². The number of urea groups is 1. The second-order valence-corrected chi connectivity index (χ2v) is 10.5. The number of hydrogen-bond acceptors (Lipinski definition) is 4. The van der Waals surface area contributed by atoms with Crippen LogP contribution in [-0.4, -0.2) is 27.3 Å². The number of fused-ring (bicyclic) bond motifs is 1. The number of halogens is 3. The summed E-state index contributed by atoms with van der Waals surface area (Å²) in [6, 6.07) is 8.80. The van der Waals surface area contributed by atoms with Crippen molar-refractivity contribution in [2.75, 3.05) is 16.8 Å². The summed E-state index contributed by atoms with van der Waals surface area (Å²) in [5.74, 6) is -0.617. The Morgan fingerprint density at radius 3 is 2.49 bits per heavy atom. The van der Waals surface area contributed by atoms with Crippen molar-refractivity contribution >= 4 is 29.1 Å². The number of carbonyl (C=O) groups excluding carboxylic acids is 1. The smallest absolute Gasteiger partial charge is 0.316 e. The van der Waals surface area contributed by atoms with Gasteiger partial charge in [0.15, 0.2) is 0 Å². The summed E-state index contributed by atoms with van der Waals surface area (Å²) in [5.41, 5.74) is 10.5. The molecule has 0 fully saturated rings. The van der Waals surface area contributed by atoms with Gasteiger partial charge in [-0.05, 0) is 48.6 Å². The Labute approximate surface area is 230 Å². The van der Waals surface area contributed by atoms with Gasteiger partial charge in [-0.2, -0.15) is 5.10 Å². The van der Waals surface area contributed by atoms with E-state index in [2.05, 4.69) is 24.1 Å². The van der Waals surface area contributed by atoms with Crippen LogP contribution in [-0.2, 0) is 13.0 Å². The number of aryl methyl sites for hydroxylation is 2. The molecule has 1 aliphatic heterocycles. The number of para-hydroxylation sites is 1. The van der Waals surface area contributed by atoms with Crippen molar-refractivity contribution in [3.05, 3.63) is 87.2 Å². The fourth-order valence-corrected chi connectivity index (χ4v) is 5.38. The molecule has 0 spiro atoms. The van der Waals surface area contributed by atoms with Crippen molar-refractivity contribution in [1.82, 2.24) is 14.8 Å². The first-order chi connectivity index (χ1) is 18.5. The van der Waals surface area contributed by atoms with Crippen LogP contribution >= 0.6 is 11.6 Å².